The SMILES string of the molecule is CNc1cc(C)ccc1C(=O)Nc1ncccc1Br. The Morgan fingerprint density at radius 2 is 2.11 bits per heavy atom. The summed E-state index contributed by atoms with van der Waals surface area (Å²) < 4.78 is 0.751. The standard InChI is InChI=1S/C14H14BrN3O/c1-9-5-6-10(12(8-9)16-2)14(19)18-13-11(15)4-3-7-17-13/h3-8,16H,1-2H3,(H,17,18,19). The van der Waals surface area contributed by atoms with Crippen LogP contribution >= 0.6 is 15.9 Å². The largest absolute Gasteiger partial charge is 0.387 e. The van der Waals surface area contributed by atoms with Gasteiger partial charge >= 0.3 is 0 Å². The molecule has 2 rings (SSSR count). The second-order valence-corrected chi connectivity index (χ2v) is 4.94. The van der Waals surface area contributed by atoms with Crippen LogP contribution in [0.4, 0.5) is 11.5 Å². The summed E-state index contributed by atoms with van der Waals surface area (Å²) in [5.41, 5.74) is 2.48. The number of pyridine rings is 1. The van der Waals surface area contributed by atoms with E-state index in [-0.39, 0.29) is 5.91 Å². The van der Waals surface area contributed by atoms with Crippen molar-refractivity contribution in [3.05, 3.63) is 52.1 Å². The molecule has 0 saturated carbocycles. The zero-order valence-electron chi connectivity index (χ0n) is 10.7. The minimum Gasteiger partial charge on any atom is -0.387 e. The van der Waals surface area contributed by atoms with Gasteiger partial charge in [0.1, 0.15) is 5.82 Å². The van der Waals surface area contributed by atoms with Gasteiger partial charge in [-0.25, -0.2) is 4.98 Å². The van der Waals surface area contributed by atoms with Gasteiger partial charge in [-0.15, -0.1) is 0 Å². The van der Waals surface area contributed by atoms with Gasteiger partial charge in [-0.2, -0.15) is 0 Å². The van der Waals surface area contributed by atoms with Crippen molar-refractivity contribution in [2.24, 2.45) is 0 Å². The van der Waals surface area contributed by atoms with E-state index in [4.69, 9.17) is 0 Å². The van der Waals surface area contributed by atoms with E-state index in [0.717, 1.165) is 15.7 Å². The third-order valence-corrected chi connectivity index (χ3v) is 3.32. The van der Waals surface area contributed by atoms with Gasteiger partial charge in [0.05, 0.1) is 10.0 Å². The first kappa shape index (κ1) is 13.5. The van der Waals surface area contributed by atoms with Crippen LogP contribution in [0.5, 0.6) is 0 Å². The topological polar surface area (TPSA) is 54.0 Å². The summed E-state index contributed by atoms with van der Waals surface area (Å²) in [6, 6.07) is 9.26. The number of carbonyl (C=O) groups is 1. The summed E-state index contributed by atoms with van der Waals surface area (Å²) in [6.07, 6.45) is 1.63. The molecule has 0 bridgehead atoms. The van der Waals surface area contributed by atoms with E-state index < -0.39 is 0 Å². The Labute approximate surface area is 120 Å². The van der Waals surface area contributed by atoms with E-state index in [9.17, 15) is 4.79 Å². The smallest absolute Gasteiger partial charge is 0.258 e. The molecule has 0 aliphatic heterocycles. The summed E-state index contributed by atoms with van der Waals surface area (Å²) in [5, 5.41) is 5.81. The van der Waals surface area contributed by atoms with Crippen molar-refractivity contribution in [3.63, 3.8) is 0 Å². The van der Waals surface area contributed by atoms with Gasteiger partial charge in [-0.1, -0.05) is 6.07 Å². The lowest BCUT2D eigenvalue weighted by Crippen LogP contribution is -2.15. The van der Waals surface area contributed by atoms with Crippen molar-refractivity contribution in [1.29, 1.82) is 0 Å². The molecule has 0 fully saturated rings. The Bertz CT molecular complexity index is 613. The third-order valence-electron chi connectivity index (χ3n) is 2.68. The van der Waals surface area contributed by atoms with Crippen LogP contribution in [0.15, 0.2) is 41.0 Å². The minimum atomic E-state index is -0.191. The fourth-order valence-corrected chi connectivity index (χ4v) is 2.07. The maximum absolute atomic E-state index is 12.2. The Morgan fingerprint density at radius 1 is 1.32 bits per heavy atom. The van der Waals surface area contributed by atoms with Crippen LogP contribution in [-0.2, 0) is 0 Å². The summed E-state index contributed by atoms with van der Waals surface area (Å²) in [7, 11) is 1.79. The van der Waals surface area contributed by atoms with Gasteiger partial charge in [0.25, 0.3) is 5.91 Å². The molecule has 1 aromatic heterocycles. The molecule has 4 nitrogen and oxygen atoms in total. The maximum Gasteiger partial charge on any atom is 0.258 e. The van der Waals surface area contributed by atoms with Crippen molar-refractivity contribution in [3.8, 4) is 0 Å². The predicted molar refractivity (Wildman–Crippen MR) is 80.6 cm³/mol. The number of hydrogen-bond acceptors (Lipinski definition) is 3. The van der Waals surface area contributed by atoms with Gasteiger partial charge in [-0.05, 0) is 52.7 Å². The van der Waals surface area contributed by atoms with Crippen molar-refractivity contribution in [2.45, 2.75) is 6.92 Å². The van der Waals surface area contributed by atoms with E-state index in [1.807, 2.05) is 25.1 Å². The molecule has 1 heterocycles. The van der Waals surface area contributed by atoms with Crippen LogP contribution < -0.4 is 10.6 Å². The highest BCUT2D eigenvalue weighted by Gasteiger charge is 2.12. The minimum absolute atomic E-state index is 0.191. The van der Waals surface area contributed by atoms with Crippen LogP contribution in [0, 0.1) is 6.92 Å². The van der Waals surface area contributed by atoms with Gasteiger partial charge in [-0.3, -0.25) is 4.79 Å². The zero-order valence-corrected chi connectivity index (χ0v) is 12.3. The van der Waals surface area contributed by atoms with Crippen LogP contribution in [-0.4, -0.2) is 17.9 Å². The molecule has 2 N–H and O–H groups in total. The van der Waals surface area contributed by atoms with Gasteiger partial charge in [0, 0.05) is 18.9 Å². The quantitative estimate of drug-likeness (QED) is 0.911. The molecule has 0 atom stereocenters. The number of carbonyl (C=O) groups excluding carboxylic acids is 1. The van der Waals surface area contributed by atoms with Crippen molar-refractivity contribution in [2.75, 3.05) is 17.7 Å². The number of nitrogens with zero attached hydrogens (tertiary/aromatic N) is 1. The fourth-order valence-electron chi connectivity index (χ4n) is 1.72. The summed E-state index contributed by atoms with van der Waals surface area (Å²) in [4.78, 5) is 16.4. The molecule has 0 aliphatic carbocycles. The average Bonchev–Trinajstić information content (AvgIpc) is 2.41. The summed E-state index contributed by atoms with van der Waals surface area (Å²) >= 11 is 3.35. The maximum atomic E-state index is 12.2. The highest BCUT2D eigenvalue weighted by Crippen LogP contribution is 2.22. The molecule has 5 heteroatoms. The number of benzene rings is 1. The monoisotopic (exact) mass is 319 g/mol. The van der Waals surface area contributed by atoms with Crippen LogP contribution in [0.3, 0.4) is 0 Å². The van der Waals surface area contributed by atoms with Gasteiger partial charge in [0.2, 0.25) is 0 Å². The fraction of sp³-hybridized carbons (Fsp3) is 0.143. The van der Waals surface area contributed by atoms with Gasteiger partial charge in [0.15, 0.2) is 0 Å². The number of halogens is 1. The normalized spacial score (nSPS) is 10.1. The van der Waals surface area contributed by atoms with Crippen molar-refractivity contribution in [1.82, 2.24) is 4.98 Å². The van der Waals surface area contributed by atoms with E-state index in [2.05, 4.69) is 31.5 Å². The van der Waals surface area contributed by atoms with Crippen LogP contribution in [0.2, 0.25) is 0 Å². The average molecular weight is 320 g/mol. The lowest BCUT2D eigenvalue weighted by Gasteiger charge is -2.11. The van der Waals surface area contributed by atoms with E-state index in [0.29, 0.717) is 11.4 Å². The Kier molecular flexibility index (Phi) is 4.16. The summed E-state index contributed by atoms with van der Waals surface area (Å²) in [5.74, 6) is 0.318. The second kappa shape index (κ2) is 5.84. The second-order valence-electron chi connectivity index (χ2n) is 4.09. The Balaban J connectivity index is 2.28. The highest BCUT2D eigenvalue weighted by atomic mass is 79.9. The Morgan fingerprint density at radius 3 is 2.79 bits per heavy atom. The number of aromatic nitrogens is 1. The molecule has 1 amide bonds. The number of anilines is 2. The first-order valence-corrected chi connectivity index (χ1v) is 6.61. The number of hydrogen-bond donors (Lipinski definition) is 2. The van der Waals surface area contributed by atoms with E-state index >= 15 is 0 Å². The molecule has 2 aromatic rings. The van der Waals surface area contributed by atoms with E-state index in [1.165, 1.54) is 0 Å². The highest BCUT2D eigenvalue weighted by molar-refractivity contribution is 9.10. The zero-order chi connectivity index (χ0) is 13.8. The molecular formula is C14H14BrN3O. The molecule has 19 heavy (non-hydrogen) atoms. The first-order chi connectivity index (χ1) is 9.11. The van der Waals surface area contributed by atoms with Gasteiger partial charge < -0.3 is 10.6 Å². The Hall–Kier alpha value is -1.88. The molecule has 98 valence electrons. The van der Waals surface area contributed by atoms with Crippen LogP contribution in [0.1, 0.15) is 15.9 Å². The molecule has 0 spiro atoms. The van der Waals surface area contributed by atoms with E-state index in [1.54, 1.807) is 25.4 Å². The third kappa shape index (κ3) is 3.12. The number of nitrogens with one attached hydrogen (secondary N) is 2. The number of amides is 1. The molecule has 0 radical (unpaired) electrons. The van der Waals surface area contributed by atoms with Crippen molar-refractivity contribution < 1.29 is 4.79 Å². The van der Waals surface area contributed by atoms with Crippen molar-refractivity contribution >= 4 is 33.3 Å². The lowest BCUT2D eigenvalue weighted by atomic mass is 10.1. The summed E-state index contributed by atoms with van der Waals surface area (Å²) in [6.45, 7) is 1.98. The molecular weight excluding hydrogens is 306 g/mol. The van der Waals surface area contributed by atoms with Crippen LogP contribution in [0.25, 0.3) is 0 Å². The number of rotatable bonds is 3. The molecule has 0 unspecified atom stereocenters. The predicted octanol–water partition coefficient (Wildman–Crippen LogP) is 3.45. The molecule has 0 aliphatic rings. The molecule has 1 aromatic carbocycles. The first-order valence-electron chi connectivity index (χ1n) is 5.82. The number of aryl methyl sites for hydroxylation is 1. The lowest BCUT2D eigenvalue weighted by molar-refractivity contribution is 0.102. The molecule has 0 saturated heterocycles.